The minimum absolute atomic E-state index is 0.241. The van der Waals surface area contributed by atoms with Gasteiger partial charge in [-0.05, 0) is 36.4 Å². The number of hydrogen-bond donors (Lipinski definition) is 1. The van der Waals surface area contributed by atoms with Crippen molar-refractivity contribution in [2.75, 3.05) is 6.54 Å². The highest BCUT2D eigenvalue weighted by Gasteiger charge is 2.12. The normalized spacial score (nSPS) is 12.6. The van der Waals surface area contributed by atoms with Crippen molar-refractivity contribution in [3.63, 3.8) is 0 Å². The Morgan fingerprint density at radius 1 is 1.29 bits per heavy atom. The highest BCUT2D eigenvalue weighted by Crippen LogP contribution is 2.21. The van der Waals surface area contributed by atoms with Crippen molar-refractivity contribution in [1.82, 2.24) is 5.32 Å². The van der Waals surface area contributed by atoms with Gasteiger partial charge in [-0.25, -0.2) is 0 Å². The molecule has 0 aliphatic heterocycles. The second kappa shape index (κ2) is 5.89. The van der Waals surface area contributed by atoms with Crippen LogP contribution in [0.2, 0.25) is 5.02 Å². The first-order valence-electron chi connectivity index (χ1n) is 5.81. The minimum atomic E-state index is 0.241. The van der Waals surface area contributed by atoms with Gasteiger partial charge in [0.05, 0.1) is 6.26 Å². The van der Waals surface area contributed by atoms with E-state index in [4.69, 9.17) is 16.0 Å². The van der Waals surface area contributed by atoms with Crippen molar-refractivity contribution < 1.29 is 4.42 Å². The first kappa shape index (κ1) is 12.2. The Kier molecular flexibility index (Phi) is 4.24. The zero-order valence-electron chi connectivity index (χ0n) is 9.82. The number of hydrogen-bond acceptors (Lipinski definition) is 2. The molecule has 0 aliphatic rings. The molecule has 1 N–H and O–H groups in total. The number of rotatable bonds is 5. The third-order valence-electron chi connectivity index (χ3n) is 2.69. The first-order chi connectivity index (χ1) is 8.29. The second-order valence-corrected chi connectivity index (χ2v) is 4.39. The summed E-state index contributed by atoms with van der Waals surface area (Å²) < 4.78 is 5.39. The molecule has 0 fully saturated rings. The molecule has 1 aromatic heterocycles. The fourth-order valence-corrected chi connectivity index (χ4v) is 2.11. The molecule has 0 aliphatic carbocycles. The molecular formula is C14H16ClNO. The highest BCUT2D eigenvalue weighted by molar-refractivity contribution is 6.30. The van der Waals surface area contributed by atoms with Crippen LogP contribution in [0.15, 0.2) is 47.1 Å². The van der Waals surface area contributed by atoms with Gasteiger partial charge >= 0.3 is 0 Å². The van der Waals surface area contributed by atoms with Gasteiger partial charge in [-0.15, -0.1) is 0 Å². The van der Waals surface area contributed by atoms with Crippen LogP contribution in [0, 0.1) is 0 Å². The number of likely N-dealkylation sites (N-methyl/N-ethyl adjacent to an activating group) is 1. The van der Waals surface area contributed by atoms with E-state index < -0.39 is 0 Å². The SMILES string of the molecule is CCNC(Cc1ccco1)c1cccc(Cl)c1. The third kappa shape index (κ3) is 3.35. The van der Waals surface area contributed by atoms with Crippen LogP contribution < -0.4 is 5.32 Å². The molecule has 0 saturated carbocycles. The van der Waals surface area contributed by atoms with E-state index in [1.54, 1.807) is 6.26 Å². The van der Waals surface area contributed by atoms with Crippen molar-refractivity contribution in [3.8, 4) is 0 Å². The summed E-state index contributed by atoms with van der Waals surface area (Å²) in [5.41, 5.74) is 1.19. The van der Waals surface area contributed by atoms with Crippen LogP contribution in [0.5, 0.6) is 0 Å². The molecule has 2 aromatic rings. The molecule has 0 radical (unpaired) electrons. The lowest BCUT2D eigenvalue weighted by Crippen LogP contribution is -2.22. The van der Waals surface area contributed by atoms with E-state index in [9.17, 15) is 0 Å². The van der Waals surface area contributed by atoms with E-state index in [0.717, 1.165) is 23.7 Å². The average Bonchev–Trinajstić information content (AvgIpc) is 2.81. The zero-order valence-corrected chi connectivity index (χ0v) is 10.6. The summed E-state index contributed by atoms with van der Waals surface area (Å²) in [6.07, 6.45) is 2.54. The van der Waals surface area contributed by atoms with Gasteiger partial charge in [-0.2, -0.15) is 0 Å². The molecule has 3 heteroatoms. The van der Waals surface area contributed by atoms with Crippen molar-refractivity contribution in [1.29, 1.82) is 0 Å². The van der Waals surface area contributed by atoms with Gasteiger partial charge in [-0.3, -0.25) is 0 Å². The predicted molar refractivity (Wildman–Crippen MR) is 70.3 cm³/mol. The van der Waals surface area contributed by atoms with Crippen LogP contribution in [-0.2, 0) is 6.42 Å². The Labute approximate surface area is 107 Å². The number of furan rings is 1. The van der Waals surface area contributed by atoms with Crippen molar-refractivity contribution in [2.24, 2.45) is 0 Å². The zero-order chi connectivity index (χ0) is 12.1. The van der Waals surface area contributed by atoms with E-state index in [1.807, 2.05) is 30.3 Å². The van der Waals surface area contributed by atoms with Crippen molar-refractivity contribution in [2.45, 2.75) is 19.4 Å². The smallest absolute Gasteiger partial charge is 0.105 e. The van der Waals surface area contributed by atoms with Gasteiger partial charge in [0, 0.05) is 17.5 Å². The maximum atomic E-state index is 6.02. The van der Waals surface area contributed by atoms with Crippen molar-refractivity contribution >= 4 is 11.6 Å². The summed E-state index contributed by atoms with van der Waals surface area (Å²) in [6.45, 7) is 3.01. The molecule has 90 valence electrons. The Morgan fingerprint density at radius 3 is 2.82 bits per heavy atom. The summed E-state index contributed by atoms with van der Waals surface area (Å²) in [5.74, 6) is 0.982. The molecule has 0 amide bonds. The minimum Gasteiger partial charge on any atom is -0.469 e. The van der Waals surface area contributed by atoms with Gasteiger partial charge in [0.2, 0.25) is 0 Å². The lowest BCUT2D eigenvalue weighted by atomic mass is 10.0. The standard InChI is InChI=1S/C14H16ClNO/c1-2-16-14(10-13-7-4-8-17-13)11-5-3-6-12(15)9-11/h3-9,14,16H,2,10H2,1H3. The first-order valence-corrected chi connectivity index (χ1v) is 6.18. The van der Waals surface area contributed by atoms with Crippen LogP contribution in [0.4, 0.5) is 0 Å². The molecule has 0 bridgehead atoms. The Hall–Kier alpha value is -1.25. The van der Waals surface area contributed by atoms with E-state index in [2.05, 4.69) is 18.3 Å². The van der Waals surface area contributed by atoms with Crippen LogP contribution >= 0.6 is 11.6 Å². The molecule has 1 unspecified atom stereocenters. The molecule has 2 nitrogen and oxygen atoms in total. The van der Waals surface area contributed by atoms with Crippen LogP contribution in [0.3, 0.4) is 0 Å². The maximum Gasteiger partial charge on any atom is 0.105 e. The van der Waals surface area contributed by atoms with Crippen LogP contribution in [0.1, 0.15) is 24.3 Å². The van der Waals surface area contributed by atoms with E-state index >= 15 is 0 Å². The summed E-state index contributed by atoms with van der Waals surface area (Å²) in [6, 6.07) is 12.1. The van der Waals surface area contributed by atoms with Gasteiger partial charge in [0.25, 0.3) is 0 Å². The van der Waals surface area contributed by atoms with Crippen LogP contribution in [0.25, 0.3) is 0 Å². The lowest BCUT2D eigenvalue weighted by molar-refractivity contribution is 0.455. The van der Waals surface area contributed by atoms with Crippen molar-refractivity contribution in [3.05, 3.63) is 59.0 Å². The fraction of sp³-hybridized carbons (Fsp3) is 0.286. The van der Waals surface area contributed by atoms with E-state index in [1.165, 1.54) is 5.56 Å². The molecule has 1 atom stereocenters. The number of halogens is 1. The Morgan fingerprint density at radius 2 is 2.18 bits per heavy atom. The predicted octanol–water partition coefficient (Wildman–Crippen LogP) is 3.83. The summed E-state index contributed by atoms with van der Waals surface area (Å²) in [5, 5.41) is 4.21. The molecular weight excluding hydrogens is 234 g/mol. The fourth-order valence-electron chi connectivity index (χ4n) is 1.91. The second-order valence-electron chi connectivity index (χ2n) is 3.95. The maximum absolute atomic E-state index is 6.02. The molecule has 1 heterocycles. The summed E-state index contributed by atoms with van der Waals surface area (Å²) in [7, 11) is 0. The number of benzene rings is 1. The van der Waals surface area contributed by atoms with E-state index in [-0.39, 0.29) is 6.04 Å². The largest absolute Gasteiger partial charge is 0.469 e. The lowest BCUT2D eigenvalue weighted by Gasteiger charge is -2.17. The monoisotopic (exact) mass is 249 g/mol. The molecule has 1 aromatic carbocycles. The molecule has 0 spiro atoms. The summed E-state index contributed by atoms with van der Waals surface area (Å²) in [4.78, 5) is 0. The summed E-state index contributed by atoms with van der Waals surface area (Å²) >= 11 is 6.02. The van der Waals surface area contributed by atoms with E-state index in [0.29, 0.717) is 0 Å². The van der Waals surface area contributed by atoms with Gasteiger partial charge in [0.1, 0.15) is 5.76 Å². The van der Waals surface area contributed by atoms with Gasteiger partial charge in [-0.1, -0.05) is 30.7 Å². The Balaban J connectivity index is 2.16. The number of nitrogens with one attached hydrogen (secondary N) is 1. The average molecular weight is 250 g/mol. The molecule has 17 heavy (non-hydrogen) atoms. The van der Waals surface area contributed by atoms with Gasteiger partial charge in [0.15, 0.2) is 0 Å². The third-order valence-corrected chi connectivity index (χ3v) is 2.92. The van der Waals surface area contributed by atoms with Gasteiger partial charge < -0.3 is 9.73 Å². The molecule has 2 rings (SSSR count). The quantitative estimate of drug-likeness (QED) is 0.871. The van der Waals surface area contributed by atoms with Crippen LogP contribution in [-0.4, -0.2) is 6.54 Å². The topological polar surface area (TPSA) is 25.2 Å². The molecule has 0 saturated heterocycles. The highest BCUT2D eigenvalue weighted by atomic mass is 35.5. The Bertz CT molecular complexity index is 453.